The van der Waals surface area contributed by atoms with Crippen molar-refractivity contribution >= 4 is 5.78 Å². The van der Waals surface area contributed by atoms with Crippen LogP contribution >= 0.6 is 0 Å². The van der Waals surface area contributed by atoms with E-state index in [2.05, 4.69) is 5.32 Å². The molecular weight excluding hydrogens is 278 g/mol. The van der Waals surface area contributed by atoms with Crippen molar-refractivity contribution in [2.45, 2.75) is 102 Å². The van der Waals surface area contributed by atoms with Crippen molar-refractivity contribution in [3.63, 3.8) is 0 Å². The van der Waals surface area contributed by atoms with E-state index in [0.29, 0.717) is 18.2 Å². The van der Waals surface area contributed by atoms with Crippen LogP contribution in [0, 0.1) is 0 Å². The molecule has 0 aliphatic carbocycles. The molecular formula is C18H35NO3. The smallest absolute Gasteiger partial charge is 0.132 e. The van der Waals surface area contributed by atoms with E-state index < -0.39 is 0 Å². The zero-order chi connectivity index (χ0) is 16.2. The molecule has 0 amide bonds. The number of nitrogens with one attached hydrogen (secondary N) is 1. The van der Waals surface area contributed by atoms with Crippen molar-refractivity contribution in [3.8, 4) is 0 Å². The van der Waals surface area contributed by atoms with E-state index in [1.165, 1.54) is 38.5 Å². The first-order valence-corrected chi connectivity index (χ1v) is 9.24. The minimum atomic E-state index is -0.388. The fourth-order valence-corrected chi connectivity index (χ4v) is 3.25. The number of aliphatic hydroxyl groups is 2. The molecule has 0 bridgehead atoms. The third-order valence-corrected chi connectivity index (χ3v) is 4.82. The number of hydrogen-bond acceptors (Lipinski definition) is 4. The molecule has 4 heteroatoms. The van der Waals surface area contributed by atoms with Crippen molar-refractivity contribution < 1.29 is 15.0 Å². The van der Waals surface area contributed by atoms with Crippen LogP contribution in [0.1, 0.15) is 84.0 Å². The Balaban J connectivity index is 1.90. The first-order valence-electron chi connectivity index (χ1n) is 9.24. The van der Waals surface area contributed by atoms with E-state index in [-0.39, 0.29) is 18.8 Å². The molecule has 1 rings (SSSR count). The summed E-state index contributed by atoms with van der Waals surface area (Å²) in [7, 11) is 0. The molecule has 1 fully saturated rings. The summed E-state index contributed by atoms with van der Waals surface area (Å²) in [4.78, 5) is 11.2. The predicted molar refractivity (Wildman–Crippen MR) is 89.9 cm³/mol. The van der Waals surface area contributed by atoms with Gasteiger partial charge in [0.05, 0.1) is 18.8 Å². The van der Waals surface area contributed by atoms with Gasteiger partial charge in [0.15, 0.2) is 0 Å². The second kappa shape index (κ2) is 12.0. The largest absolute Gasteiger partial charge is 0.395 e. The van der Waals surface area contributed by atoms with Crippen LogP contribution in [0.2, 0.25) is 0 Å². The number of rotatable bonds is 12. The molecule has 0 aromatic rings. The van der Waals surface area contributed by atoms with E-state index in [1.54, 1.807) is 0 Å². The minimum absolute atomic E-state index is 0.0260. The lowest BCUT2D eigenvalue weighted by Gasteiger charge is -2.34. The maximum absolute atomic E-state index is 11.2. The summed E-state index contributed by atoms with van der Waals surface area (Å²) in [6.07, 6.45) is 12.6. The Kier molecular flexibility index (Phi) is 10.7. The van der Waals surface area contributed by atoms with Crippen LogP contribution in [0.25, 0.3) is 0 Å². The van der Waals surface area contributed by atoms with Crippen LogP contribution in [0.4, 0.5) is 0 Å². The van der Waals surface area contributed by atoms with E-state index in [9.17, 15) is 15.0 Å². The summed E-state index contributed by atoms with van der Waals surface area (Å²) in [6.45, 7) is 1.96. The number of ketones is 1. The summed E-state index contributed by atoms with van der Waals surface area (Å²) in [5, 5.41) is 22.3. The first kappa shape index (κ1) is 19.6. The molecule has 130 valence electrons. The second-order valence-corrected chi connectivity index (χ2v) is 6.70. The Labute approximate surface area is 135 Å². The maximum Gasteiger partial charge on any atom is 0.132 e. The van der Waals surface area contributed by atoms with Gasteiger partial charge < -0.3 is 15.5 Å². The fraction of sp³-hybridized carbons (Fsp3) is 0.944. The Morgan fingerprint density at radius 1 is 1.05 bits per heavy atom. The number of carbonyl (C=O) groups is 1. The van der Waals surface area contributed by atoms with Gasteiger partial charge in [-0.15, -0.1) is 0 Å². The van der Waals surface area contributed by atoms with Crippen LogP contribution in [-0.2, 0) is 4.79 Å². The Morgan fingerprint density at radius 2 is 1.68 bits per heavy atom. The van der Waals surface area contributed by atoms with Crippen LogP contribution < -0.4 is 5.32 Å². The number of aliphatic hydroxyl groups excluding tert-OH is 2. The van der Waals surface area contributed by atoms with Gasteiger partial charge in [0.1, 0.15) is 5.78 Å². The van der Waals surface area contributed by atoms with Crippen LogP contribution in [0.5, 0.6) is 0 Å². The molecule has 0 spiro atoms. The average molecular weight is 313 g/mol. The van der Waals surface area contributed by atoms with Crippen molar-refractivity contribution in [1.82, 2.24) is 5.32 Å². The first-order chi connectivity index (χ1) is 10.7. The van der Waals surface area contributed by atoms with Gasteiger partial charge in [-0.1, -0.05) is 45.4 Å². The molecule has 1 saturated heterocycles. The molecule has 1 aliphatic rings. The van der Waals surface area contributed by atoms with Crippen LogP contribution in [-0.4, -0.2) is 40.8 Å². The summed E-state index contributed by atoms with van der Waals surface area (Å²) in [6, 6.07) is 0.324. The topological polar surface area (TPSA) is 69.6 Å². The molecule has 0 aromatic heterocycles. The summed E-state index contributed by atoms with van der Waals surface area (Å²) < 4.78 is 0. The van der Waals surface area contributed by atoms with Gasteiger partial charge >= 0.3 is 0 Å². The Bertz CT molecular complexity index is 296. The molecule has 3 unspecified atom stereocenters. The third kappa shape index (κ3) is 8.25. The number of Topliss-reactive ketones (excluding diaryl/α,β-unsaturated/α-hetero) is 1. The molecule has 0 aromatic carbocycles. The van der Waals surface area contributed by atoms with Crippen molar-refractivity contribution in [1.29, 1.82) is 0 Å². The maximum atomic E-state index is 11.2. The van der Waals surface area contributed by atoms with E-state index >= 15 is 0 Å². The lowest BCUT2D eigenvalue weighted by Crippen LogP contribution is -2.52. The highest BCUT2D eigenvalue weighted by molar-refractivity contribution is 5.77. The third-order valence-electron chi connectivity index (χ3n) is 4.82. The van der Waals surface area contributed by atoms with Crippen LogP contribution in [0.15, 0.2) is 0 Å². The summed E-state index contributed by atoms with van der Waals surface area (Å²) in [5.74, 6) is 0.395. The molecule has 0 saturated carbocycles. The molecule has 3 N–H and O–H groups in total. The van der Waals surface area contributed by atoms with Gasteiger partial charge in [-0.3, -0.25) is 4.79 Å². The Hall–Kier alpha value is -0.450. The highest BCUT2D eigenvalue weighted by Crippen LogP contribution is 2.18. The zero-order valence-electron chi connectivity index (χ0n) is 14.2. The highest BCUT2D eigenvalue weighted by atomic mass is 16.3. The van der Waals surface area contributed by atoms with Gasteiger partial charge in [0.25, 0.3) is 0 Å². The monoisotopic (exact) mass is 313 g/mol. The van der Waals surface area contributed by atoms with E-state index in [1.807, 2.05) is 6.92 Å². The zero-order valence-corrected chi connectivity index (χ0v) is 14.2. The SMILES string of the molecule is CCC(=O)CCCCCCCCCC1CCC(O)C(CO)N1. The molecule has 1 heterocycles. The van der Waals surface area contributed by atoms with Crippen molar-refractivity contribution in [2.24, 2.45) is 0 Å². The summed E-state index contributed by atoms with van der Waals surface area (Å²) >= 11 is 0. The second-order valence-electron chi connectivity index (χ2n) is 6.70. The molecule has 22 heavy (non-hydrogen) atoms. The Morgan fingerprint density at radius 3 is 2.32 bits per heavy atom. The van der Waals surface area contributed by atoms with Gasteiger partial charge in [-0.2, -0.15) is 0 Å². The lowest BCUT2D eigenvalue weighted by atomic mass is 9.93. The standard InChI is InChI=1S/C18H35NO3/c1-2-16(21)11-9-7-5-3-4-6-8-10-15-12-13-18(22)17(14-20)19-15/h15,17-20,22H,2-14H2,1H3. The van der Waals surface area contributed by atoms with Crippen molar-refractivity contribution in [3.05, 3.63) is 0 Å². The highest BCUT2D eigenvalue weighted by Gasteiger charge is 2.27. The fourth-order valence-electron chi connectivity index (χ4n) is 3.25. The van der Waals surface area contributed by atoms with Gasteiger partial charge in [-0.25, -0.2) is 0 Å². The normalized spacial score (nSPS) is 25.3. The predicted octanol–water partition coefficient (Wildman–Crippen LogP) is 2.95. The average Bonchev–Trinajstić information content (AvgIpc) is 2.54. The molecule has 0 radical (unpaired) electrons. The van der Waals surface area contributed by atoms with Gasteiger partial charge in [0.2, 0.25) is 0 Å². The summed E-state index contributed by atoms with van der Waals surface area (Å²) in [5.41, 5.74) is 0. The number of hydrogen-bond donors (Lipinski definition) is 3. The van der Waals surface area contributed by atoms with Crippen molar-refractivity contribution in [2.75, 3.05) is 6.61 Å². The van der Waals surface area contributed by atoms with E-state index in [0.717, 1.165) is 32.1 Å². The lowest BCUT2D eigenvalue weighted by molar-refractivity contribution is -0.118. The van der Waals surface area contributed by atoms with Crippen LogP contribution in [0.3, 0.4) is 0 Å². The minimum Gasteiger partial charge on any atom is -0.395 e. The number of piperidine rings is 1. The number of unbranched alkanes of at least 4 members (excludes halogenated alkanes) is 6. The van der Waals surface area contributed by atoms with Gasteiger partial charge in [0, 0.05) is 18.9 Å². The quantitative estimate of drug-likeness (QED) is 0.485. The molecule has 3 atom stereocenters. The molecule has 1 aliphatic heterocycles. The van der Waals surface area contributed by atoms with E-state index in [4.69, 9.17) is 0 Å². The number of carbonyl (C=O) groups excluding carboxylic acids is 1. The molecule has 4 nitrogen and oxygen atoms in total. The van der Waals surface area contributed by atoms with Gasteiger partial charge in [-0.05, 0) is 25.7 Å².